The lowest BCUT2D eigenvalue weighted by Gasteiger charge is -2.34. The van der Waals surface area contributed by atoms with Crippen LogP contribution in [0, 0.1) is 5.41 Å². The van der Waals surface area contributed by atoms with Crippen LogP contribution in [0.2, 0.25) is 0 Å². The lowest BCUT2D eigenvalue weighted by molar-refractivity contribution is -0.118. The van der Waals surface area contributed by atoms with Gasteiger partial charge in [-0.05, 0) is 36.6 Å². The first kappa shape index (κ1) is 21.2. The van der Waals surface area contributed by atoms with E-state index in [9.17, 15) is 9.59 Å². The Kier molecular flexibility index (Phi) is 6.18. The van der Waals surface area contributed by atoms with Gasteiger partial charge in [0.1, 0.15) is 17.3 Å². The highest BCUT2D eigenvalue weighted by Gasteiger charge is 2.36. The van der Waals surface area contributed by atoms with Gasteiger partial charge in [0.2, 0.25) is 5.91 Å². The highest BCUT2D eigenvalue weighted by Crippen LogP contribution is 2.43. The molecule has 0 bridgehead atoms. The lowest BCUT2D eigenvalue weighted by atomic mass is 9.77. The molecule has 2 heterocycles. The van der Waals surface area contributed by atoms with Crippen molar-refractivity contribution >= 4 is 22.9 Å². The fourth-order valence-electron chi connectivity index (χ4n) is 3.95. The van der Waals surface area contributed by atoms with E-state index in [2.05, 4.69) is 28.3 Å². The summed E-state index contributed by atoms with van der Waals surface area (Å²) in [7, 11) is 1.70. The molecule has 1 fully saturated rings. The van der Waals surface area contributed by atoms with Crippen molar-refractivity contribution in [1.29, 1.82) is 0 Å². The van der Waals surface area contributed by atoms with Crippen LogP contribution in [0.1, 0.15) is 37.3 Å². The number of imide groups is 1. The molecule has 7 nitrogen and oxygen atoms in total. The number of methoxy groups -OCH3 is 1. The van der Waals surface area contributed by atoms with Crippen LogP contribution in [0.25, 0.3) is 0 Å². The summed E-state index contributed by atoms with van der Waals surface area (Å²) in [5, 5.41) is 1.66. The van der Waals surface area contributed by atoms with Crippen molar-refractivity contribution in [2.45, 2.75) is 37.5 Å². The lowest BCUT2D eigenvalue weighted by Crippen LogP contribution is -2.27. The van der Waals surface area contributed by atoms with Crippen molar-refractivity contribution in [2.75, 3.05) is 7.11 Å². The minimum absolute atomic E-state index is 0.208. The first-order valence-corrected chi connectivity index (χ1v) is 11.0. The Labute approximate surface area is 185 Å². The Morgan fingerprint density at radius 2 is 2.10 bits per heavy atom. The number of carbonyl (C=O) groups excluding carboxylic acids is 2. The van der Waals surface area contributed by atoms with E-state index in [1.807, 2.05) is 36.4 Å². The molecule has 0 radical (unpaired) electrons. The molecule has 4 rings (SSSR count). The first-order valence-electron chi connectivity index (χ1n) is 10.1. The Hall–Kier alpha value is -3.00. The maximum Gasteiger partial charge on any atom is 0.286 e. The second kappa shape index (κ2) is 9.01. The van der Waals surface area contributed by atoms with Crippen LogP contribution in [0.4, 0.5) is 4.79 Å². The molecule has 1 aromatic heterocycles. The van der Waals surface area contributed by atoms with E-state index in [4.69, 9.17) is 9.47 Å². The number of amides is 2. The predicted molar refractivity (Wildman–Crippen MR) is 119 cm³/mol. The second-order valence-corrected chi connectivity index (χ2v) is 9.12. The van der Waals surface area contributed by atoms with Crippen molar-refractivity contribution in [3.05, 3.63) is 72.0 Å². The third-order valence-electron chi connectivity index (χ3n) is 5.62. The van der Waals surface area contributed by atoms with Gasteiger partial charge in [-0.3, -0.25) is 14.9 Å². The van der Waals surface area contributed by atoms with Gasteiger partial charge in [-0.15, -0.1) is 0 Å². The van der Waals surface area contributed by atoms with E-state index >= 15 is 0 Å². The maximum absolute atomic E-state index is 11.8. The number of hydrogen-bond acceptors (Lipinski definition) is 6. The van der Waals surface area contributed by atoms with E-state index in [-0.39, 0.29) is 27.9 Å². The van der Waals surface area contributed by atoms with Crippen molar-refractivity contribution in [3.8, 4) is 5.75 Å². The van der Waals surface area contributed by atoms with E-state index in [0.29, 0.717) is 18.6 Å². The number of aromatic amines is 1. The summed E-state index contributed by atoms with van der Waals surface area (Å²) in [5.74, 6) is 2.16. The number of thioether (sulfide) groups is 1. The Morgan fingerprint density at radius 3 is 2.74 bits per heavy atom. The second-order valence-electron chi connectivity index (χ2n) is 7.94. The number of carbonyl (C=O) groups is 2. The minimum Gasteiger partial charge on any atom is -0.501 e. The number of rotatable bonds is 8. The van der Waals surface area contributed by atoms with Gasteiger partial charge in [0.05, 0.1) is 12.4 Å². The topological polar surface area (TPSA) is 93.3 Å². The van der Waals surface area contributed by atoms with Gasteiger partial charge >= 0.3 is 0 Å². The number of allylic oxidation sites excluding steroid dienone is 4. The monoisotopic (exact) mass is 439 g/mol. The molecule has 3 atom stereocenters. The first-order chi connectivity index (χ1) is 15.0. The molecule has 0 saturated carbocycles. The zero-order chi connectivity index (χ0) is 21.8. The SMILES string of the molecule is COC1=CC=CCC1(C)CC(Oc1ccc(CC2SC(=O)NC2=O)cc1)c1ncc[nH]1. The standard InChI is InChI=1S/C23H25N3O4S/c1-23(10-4-3-5-19(23)29-2)14-17(20-24-11-12-25-20)30-16-8-6-15(7-9-16)13-18-21(27)26-22(28)31-18/h3-9,11-12,17-18H,10,13-14H2,1-2H3,(H,24,25)(H,26,27,28). The van der Waals surface area contributed by atoms with E-state index < -0.39 is 0 Å². The molecule has 2 aromatic rings. The number of nitrogens with one attached hydrogen (secondary N) is 2. The fraction of sp³-hybridized carbons (Fsp3) is 0.348. The molecule has 8 heteroatoms. The Balaban J connectivity index is 1.48. The van der Waals surface area contributed by atoms with Crippen molar-refractivity contribution in [1.82, 2.24) is 15.3 Å². The number of ether oxygens (including phenoxy) is 2. The van der Waals surface area contributed by atoms with Gasteiger partial charge in [0.25, 0.3) is 5.24 Å². The summed E-state index contributed by atoms with van der Waals surface area (Å²) < 4.78 is 12.0. The molecule has 1 saturated heterocycles. The fourth-order valence-corrected chi connectivity index (χ4v) is 4.81. The van der Waals surface area contributed by atoms with Crippen molar-refractivity contribution in [3.63, 3.8) is 0 Å². The smallest absolute Gasteiger partial charge is 0.286 e. The summed E-state index contributed by atoms with van der Waals surface area (Å²) in [6, 6.07) is 7.63. The molecule has 3 unspecified atom stereocenters. The molecule has 1 aliphatic heterocycles. The average Bonchev–Trinajstić information content (AvgIpc) is 3.39. The van der Waals surface area contributed by atoms with Gasteiger partial charge in [-0.1, -0.05) is 43.0 Å². The number of benzene rings is 1. The quantitative estimate of drug-likeness (QED) is 0.637. The van der Waals surface area contributed by atoms with E-state index in [0.717, 1.165) is 35.3 Å². The highest BCUT2D eigenvalue weighted by atomic mass is 32.2. The molecule has 31 heavy (non-hydrogen) atoms. The summed E-state index contributed by atoms with van der Waals surface area (Å²) in [6.45, 7) is 2.17. The Bertz CT molecular complexity index is 1000. The third kappa shape index (κ3) is 4.85. The van der Waals surface area contributed by atoms with Crippen molar-refractivity contribution in [2.24, 2.45) is 5.41 Å². The molecule has 1 aliphatic carbocycles. The molecule has 2 aliphatic rings. The summed E-state index contributed by atoms with van der Waals surface area (Å²) in [5.41, 5.74) is 0.763. The molecule has 2 amide bonds. The third-order valence-corrected chi connectivity index (χ3v) is 6.60. The van der Waals surface area contributed by atoms with E-state index in [1.54, 1.807) is 19.5 Å². The Morgan fingerprint density at radius 1 is 1.29 bits per heavy atom. The number of nitrogens with zero attached hydrogens (tertiary/aromatic N) is 1. The van der Waals surface area contributed by atoms with Crippen LogP contribution in [-0.2, 0) is 16.0 Å². The molecule has 2 N–H and O–H groups in total. The summed E-state index contributed by atoms with van der Waals surface area (Å²) in [6.07, 6.45) is 11.4. The van der Waals surface area contributed by atoms with Crippen LogP contribution in [0.15, 0.2) is 60.6 Å². The maximum atomic E-state index is 11.8. The van der Waals surface area contributed by atoms with Gasteiger partial charge in [0.15, 0.2) is 6.10 Å². The average molecular weight is 440 g/mol. The molecule has 0 spiro atoms. The minimum atomic E-state index is -0.381. The number of hydrogen-bond donors (Lipinski definition) is 2. The molecule has 1 aromatic carbocycles. The zero-order valence-corrected chi connectivity index (χ0v) is 18.3. The summed E-state index contributed by atoms with van der Waals surface area (Å²) in [4.78, 5) is 30.8. The zero-order valence-electron chi connectivity index (χ0n) is 17.5. The number of aromatic nitrogens is 2. The predicted octanol–water partition coefficient (Wildman–Crippen LogP) is 4.31. The summed E-state index contributed by atoms with van der Waals surface area (Å²) >= 11 is 1.04. The van der Waals surface area contributed by atoms with Crippen LogP contribution >= 0.6 is 11.8 Å². The molecular formula is C23H25N3O4S. The van der Waals surface area contributed by atoms with E-state index in [1.165, 1.54) is 0 Å². The van der Waals surface area contributed by atoms with Gasteiger partial charge in [-0.25, -0.2) is 4.98 Å². The van der Waals surface area contributed by atoms with Gasteiger partial charge < -0.3 is 14.5 Å². The largest absolute Gasteiger partial charge is 0.501 e. The highest BCUT2D eigenvalue weighted by molar-refractivity contribution is 8.15. The molecular weight excluding hydrogens is 414 g/mol. The van der Waals surface area contributed by atoms with Gasteiger partial charge in [0, 0.05) is 24.2 Å². The molecule has 162 valence electrons. The van der Waals surface area contributed by atoms with Crippen LogP contribution < -0.4 is 10.1 Å². The van der Waals surface area contributed by atoms with Gasteiger partial charge in [-0.2, -0.15) is 0 Å². The van der Waals surface area contributed by atoms with Crippen LogP contribution in [0.5, 0.6) is 5.75 Å². The van der Waals surface area contributed by atoms with Crippen molar-refractivity contribution < 1.29 is 19.1 Å². The number of imidazole rings is 1. The number of H-pyrrole nitrogens is 1. The van der Waals surface area contributed by atoms with Crippen LogP contribution in [-0.4, -0.2) is 33.5 Å². The normalized spacial score (nSPS) is 23.9. The van der Waals surface area contributed by atoms with Crippen LogP contribution in [0.3, 0.4) is 0 Å².